The summed E-state index contributed by atoms with van der Waals surface area (Å²) >= 11 is 0. The second-order valence-electron chi connectivity index (χ2n) is 2.86. The van der Waals surface area contributed by atoms with E-state index in [1.807, 2.05) is 6.08 Å². The van der Waals surface area contributed by atoms with Crippen LogP contribution >= 0.6 is 0 Å². The summed E-state index contributed by atoms with van der Waals surface area (Å²) < 4.78 is 5.51. The van der Waals surface area contributed by atoms with E-state index in [2.05, 4.69) is 25.7 Å². The Morgan fingerprint density at radius 3 is 3.08 bits per heavy atom. The maximum Gasteiger partial charge on any atom is 0.122 e. The molecule has 0 saturated carbocycles. The number of ether oxygens (including phenoxy) is 1. The van der Waals surface area contributed by atoms with Gasteiger partial charge >= 0.3 is 0 Å². The minimum Gasteiger partial charge on any atom is -0.493 e. The molecule has 0 aromatic rings. The predicted octanol–water partition coefficient (Wildman–Crippen LogP) is 3.20. The monoisotopic (exact) mass is 164 g/mol. The lowest BCUT2D eigenvalue weighted by Gasteiger charge is -2.16. The lowest BCUT2D eigenvalue weighted by Crippen LogP contribution is -2.03. The van der Waals surface area contributed by atoms with Crippen molar-refractivity contribution in [3.05, 3.63) is 36.1 Å². The van der Waals surface area contributed by atoms with Crippen molar-refractivity contribution >= 4 is 0 Å². The van der Waals surface area contributed by atoms with Crippen molar-refractivity contribution < 1.29 is 4.74 Å². The SMILES string of the molecule is C=CC1=C(/C=C\CC)OCCC1. The van der Waals surface area contributed by atoms with Gasteiger partial charge in [0.2, 0.25) is 0 Å². The highest BCUT2D eigenvalue weighted by atomic mass is 16.5. The largest absolute Gasteiger partial charge is 0.493 e. The van der Waals surface area contributed by atoms with Gasteiger partial charge in [-0.3, -0.25) is 0 Å². The molecule has 0 amide bonds. The second-order valence-corrected chi connectivity index (χ2v) is 2.86. The van der Waals surface area contributed by atoms with E-state index in [-0.39, 0.29) is 0 Å². The molecule has 0 N–H and O–H groups in total. The Bertz CT molecular complexity index is 211. The van der Waals surface area contributed by atoms with Gasteiger partial charge in [0.15, 0.2) is 0 Å². The minimum atomic E-state index is 0.848. The number of hydrogen-bond donors (Lipinski definition) is 0. The molecule has 0 saturated heterocycles. The summed E-state index contributed by atoms with van der Waals surface area (Å²) in [5.41, 5.74) is 1.24. The molecule has 1 nitrogen and oxygen atoms in total. The quantitative estimate of drug-likeness (QED) is 0.622. The molecular weight excluding hydrogens is 148 g/mol. The predicted molar refractivity (Wildman–Crippen MR) is 51.8 cm³/mol. The van der Waals surface area contributed by atoms with Gasteiger partial charge in [-0.15, -0.1) is 0 Å². The first-order valence-electron chi connectivity index (χ1n) is 4.53. The maximum absolute atomic E-state index is 5.51. The van der Waals surface area contributed by atoms with E-state index in [4.69, 9.17) is 4.74 Å². The molecular formula is C11H16O. The molecule has 0 atom stereocenters. The molecule has 0 aliphatic carbocycles. The van der Waals surface area contributed by atoms with E-state index >= 15 is 0 Å². The first kappa shape index (κ1) is 9.11. The van der Waals surface area contributed by atoms with Crippen molar-refractivity contribution in [3.8, 4) is 0 Å². The Morgan fingerprint density at radius 2 is 2.42 bits per heavy atom. The van der Waals surface area contributed by atoms with Crippen molar-refractivity contribution in [2.24, 2.45) is 0 Å². The molecule has 0 aromatic carbocycles. The summed E-state index contributed by atoms with van der Waals surface area (Å²) in [5.74, 6) is 1.01. The minimum absolute atomic E-state index is 0.848. The fourth-order valence-corrected chi connectivity index (χ4v) is 1.24. The topological polar surface area (TPSA) is 9.23 Å². The van der Waals surface area contributed by atoms with Crippen LogP contribution in [0.1, 0.15) is 26.2 Å². The van der Waals surface area contributed by atoms with Crippen LogP contribution in [0.4, 0.5) is 0 Å². The third-order valence-electron chi connectivity index (χ3n) is 1.92. The summed E-state index contributed by atoms with van der Waals surface area (Å²) in [4.78, 5) is 0. The highest BCUT2D eigenvalue weighted by Gasteiger charge is 2.07. The molecule has 0 radical (unpaired) electrons. The zero-order valence-electron chi connectivity index (χ0n) is 7.68. The van der Waals surface area contributed by atoms with E-state index in [0.717, 1.165) is 31.6 Å². The van der Waals surface area contributed by atoms with Crippen LogP contribution in [-0.2, 0) is 4.74 Å². The third-order valence-corrected chi connectivity index (χ3v) is 1.92. The summed E-state index contributed by atoms with van der Waals surface area (Å²) in [6, 6.07) is 0. The van der Waals surface area contributed by atoms with E-state index < -0.39 is 0 Å². The lowest BCUT2D eigenvalue weighted by atomic mass is 10.1. The summed E-state index contributed by atoms with van der Waals surface area (Å²) in [6.45, 7) is 6.74. The number of allylic oxidation sites excluding steroid dienone is 4. The van der Waals surface area contributed by atoms with Crippen molar-refractivity contribution in [1.29, 1.82) is 0 Å². The summed E-state index contributed by atoms with van der Waals surface area (Å²) in [7, 11) is 0. The second kappa shape index (κ2) is 4.81. The number of hydrogen-bond acceptors (Lipinski definition) is 1. The molecule has 0 fully saturated rings. The van der Waals surface area contributed by atoms with Gasteiger partial charge in [-0.25, -0.2) is 0 Å². The average Bonchev–Trinajstić information content (AvgIpc) is 2.15. The Morgan fingerprint density at radius 1 is 1.58 bits per heavy atom. The van der Waals surface area contributed by atoms with Crippen LogP contribution in [-0.4, -0.2) is 6.61 Å². The third kappa shape index (κ3) is 2.26. The highest BCUT2D eigenvalue weighted by molar-refractivity contribution is 5.29. The Balaban J connectivity index is 2.72. The maximum atomic E-state index is 5.51. The van der Waals surface area contributed by atoms with Crippen LogP contribution in [0, 0.1) is 0 Å². The van der Waals surface area contributed by atoms with Crippen LogP contribution in [0.3, 0.4) is 0 Å². The van der Waals surface area contributed by atoms with Gasteiger partial charge in [0, 0.05) is 0 Å². The highest BCUT2D eigenvalue weighted by Crippen LogP contribution is 2.20. The molecule has 0 unspecified atom stereocenters. The van der Waals surface area contributed by atoms with Crippen molar-refractivity contribution in [3.63, 3.8) is 0 Å². The number of rotatable bonds is 3. The van der Waals surface area contributed by atoms with Crippen molar-refractivity contribution in [2.45, 2.75) is 26.2 Å². The summed E-state index contributed by atoms with van der Waals surface area (Å²) in [5, 5.41) is 0. The van der Waals surface area contributed by atoms with Gasteiger partial charge in [0.05, 0.1) is 6.61 Å². The fraction of sp³-hybridized carbons (Fsp3) is 0.455. The zero-order chi connectivity index (χ0) is 8.81. The normalized spacial score (nSPS) is 18.1. The molecule has 1 aliphatic heterocycles. The Kier molecular flexibility index (Phi) is 3.65. The van der Waals surface area contributed by atoms with Gasteiger partial charge in [-0.1, -0.05) is 25.7 Å². The van der Waals surface area contributed by atoms with Gasteiger partial charge in [-0.05, 0) is 30.9 Å². The van der Waals surface area contributed by atoms with Crippen LogP contribution in [0.2, 0.25) is 0 Å². The smallest absolute Gasteiger partial charge is 0.122 e. The first-order valence-corrected chi connectivity index (χ1v) is 4.53. The molecule has 1 heteroatoms. The van der Waals surface area contributed by atoms with Crippen molar-refractivity contribution in [1.82, 2.24) is 0 Å². The van der Waals surface area contributed by atoms with E-state index in [9.17, 15) is 0 Å². The van der Waals surface area contributed by atoms with Crippen LogP contribution in [0.15, 0.2) is 36.1 Å². The molecule has 1 heterocycles. The molecule has 66 valence electrons. The van der Waals surface area contributed by atoms with E-state index in [0.29, 0.717) is 0 Å². The van der Waals surface area contributed by atoms with Gasteiger partial charge in [-0.2, -0.15) is 0 Å². The van der Waals surface area contributed by atoms with Gasteiger partial charge in [0.1, 0.15) is 5.76 Å². The molecule has 0 spiro atoms. The zero-order valence-corrected chi connectivity index (χ0v) is 7.68. The van der Waals surface area contributed by atoms with Crippen LogP contribution in [0.5, 0.6) is 0 Å². The van der Waals surface area contributed by atoms with Crippen LogP contribution in [0.25, 0.3) is 0 Å². The Labute approximate surface area is 74.4 Å². The molecule has 12 heavy (non-hydrogen) atoms. The average molecular weight is 164 g/mol. The molecule has 0 bridgehead atoms. The standard InChI is InChI=1S/C11H16O/c1-3-5-8-11-10(4-2)7-6-9-12-11/h4-5,8H,2-3,6-7,9H2,1H3/b8-5-. The van der Waals surface area contributed by atoms with E-state index in [1.54, 1.807) is 0 Å². The first-order chi connectivity index (χ1) is 5.88. The lowest BCUT2D eigenvalue weighted by molar-refractivity contribution is 0.201. The van der Waals surface area contributed by atoms with Crippen molar-refractivity contribution in [2.75, 3.05) is 6.61 Å². The Hall–Kier alpha value is -0.980. The summed E-state index contributed by atoms with van der Waals surface area (Å²) in [6.07, 6.45) is 9.34. The van der Waals surface area contributed by atoms with Gasteiger partial charge in [0.25, 0.3) is 0 Å². The van der Waals surface area contributed by atoms with Gasteiger partial charge < -0.3 is 4.74 Å². The van der Waals surface area contributed by atoms with E-state index in [1.165, 1.54) is 5.57 Å². The molecule has 1 aliphatic rings. The fourth-order valence-electron chi connectivity index (χ4n) is 1.24. The van der Waals surface area contributed by atoms with Crippen LogP contribution < -0.4 is 0 Å². The molecule has 0 aromatic heterocycles. The molecule has 1 rings (SSSR count).